The Labute approximate surface area is 745 Å². The van der Waals surface area contributed by atoms with Crippen LogP contribution in [0.5, 0.6) is 0 Å². The zero-order chi connectivity index (χ0) is 91.1. The van der Waals surface area contributed by atoms with E-state index in [1.807, 2.05) is 6.26 Å². The van der Waals surface area contributed by atoms with Crippen LogP contribution in [0.15, 0.2) is 0 Å². The number of nitrogens with one attached hydrogen (secondary N) is 9. The molecule has 13 aliphatic heterocycles. The Balaban J connectivity index is 0.520. The van der Waals surface area contributed by atoms with Crippen molar-refractivity contribution in [3.63, 3.8) is 0 Å². The van der Waals surface area contributed by atoms with Gasteiger partial charge in [0, 0.05) is 78.5 Å². The topological polar surface area (TPSA) is 526 Å². The number of likely N-dealkylation sites (tertiary alicyclic amines) is 12. The Morgan fingerprint density at radius 2 is 0.508 bits per heavy atom. The highest BCUT2D eigenvalue weighted by Gasteiger charge is 2.51. The Morgan fingerprint density at radius 3 is 0.758 bits per heavy atom. The Bertz CT molecular complexity index is 4290. The number of hydrogen-bond donors (Lipinski definition) is 10. The van der Waals surface area contributed by atoms with Crippen LogP contribution in [0.2, 0.25) is 0 Å². The molecule has 0 aromatic carbocycles. The maximum atomic E-state index is 14.4. The average molecular weight is 1810 g/mol. The number of carbonyl (C=O) groups excluding carboxylic acids is 20. The molecule has 0 bridgehead atoms. The summed E-state index contributed by atoms with van der Waals surface area (Å²) >= 11 is 1.41. The van der Waals surface area contributed by atoms with Crippen molar-refractivity contribution in [1.29, 1.82) is 0 Å². The summed E-state index contributed by atoms with van der Waals surface area (Å²) < 4.78 is 0. The highest BCUT2D eigenvalue weighted by atomic mass is 32.2. The van der Waals surface area contributed by atoms with E-state index in [-0.39, 0.29) is 142 Å². The summed E-state index contributed by atoms with van der Waals surface area (Å²) in [6, 6.07) is -12.6. The molecule has 0 radical (unpaired) electrons. The lowest BCUT2D eigenvalue weighted by atomic mass is 10.1. The molecule has 702 valence electrons. The third kappa shape index (κ3) is 21.7. The van der Waals surface area contributed by atoms with Crippen LogP contribution in [0.25, 0.3) is 0 Å². The lowest BCUT2D eigenvalue weighted by molar-refractivity contribution is -0.148. The minimum atomic E-state index is -1.23. The molecule has 0 aromatic rings. The van der Waals surface area contributed by atoms with Gasteiger partial charge in [0.05, 0.1) is 45.3 Å². The van der Waals surface area contributed by atoms with Gasteiger partial charge in [-0.25, -0.2) is 0 Å². The minimum Gasteiger partial charge on any atom is -0.480 e. The van der Waals surface area contributed by atoms with Gasteiger partial charge in [-0.2, -0.15) is 11.8 Å². The van der Waals surface area contributed by atoms with Crippen molar-refractivity contribution >= 4 is 136 Å². The molecule has 14 atom stereocenters. The molecule has 128 heavy (non-hydrogen) atoms. The second-order valence-electron chi connectivity index (χ2n) is 35.5. The molecule has 0 spiro atoms. The van der Waals surface area contributed by atoms with Crippen LogP contribution in [0.1, 0.15) is 173 Å². The van der Waals surface area contributed by atoms with Crippen LogP contribution < -0.4 is 47.9 Å². The maximum Gasteiger partial charge on any atom is 0.322 e. The molecule has 44 heteroatoms. The van der Waals surface area contributed by atoms with Crippen LogP contribution in [0, 0.1) is 0 Å². The van der Waals surface area contributed by atoms with Crippen LogP contribution in [-0.2, 0) is 101 Å². The summed E-state index contributed by atoms with van der Waals surface area (Å²) in [7, 11) is 0. The van der Waals surface area contributed by atoms with E-state index in [4.69, 9.17) is 5.11 Å². The number of nitrogens with zero attached hydrogens (tertiary/aromatic N) is 12. The molecule has 13 heterocycles. The van der Waals surface area contributed by atoms with Gasteiger partial charge in [-0.3, -0.25) is 101 Å². The van der Waals surface area contributed by atoms with Gasteiger partial charge >= 0.3 is 5.97 Å². The standard InChI is InChI=1S/C84H123N21O22S/c1-128-42-28-51(93-64(106)43-86-71(114)54-18-5-37-101(54)80(123)59-23-10-30-94(59)67(109)46-89-74(117)55-19-6-38-102(55)81(124)60-24-11-31-95(60)65(107)44-87-72(115)52-16-3-35-99(52)78(121)50-15-2-29-85-50)79(122)100-36-4-17-53(100)73(116)88-45-66(108)96-32-12-25-61(96)82(125)103-39-7-20-56(103)75(118)90-47-68(110)97-33-13-26-62(97)83(126)104-40-8-21-57(104)76(119)91-48-69(111)98-34-14-27-63(98)84(127)105-41-9-22-58(105)77(120)92-49-70(112)113/h50-63,85H,2-49H2,1H3,(H,86,114)(H,87,115)(H,88,116)(H,89,117)(H,90,118)(H,91,119)(H,92,120)(H,93,106)(H,112,113)/t50-,51-,52-,53-,54-,55-,56-,57-,58-,59-,60-,61-,62-,63-/m0/s1. The molecule has 0 aromatic heterocycles. The average Bonchev–Trinajstić information content (AvgIpc) is 1.66. The smallest absolute Gasteiger partial charge is 0.322 e. The first-order chi connectivity index (χ1) is 61.6. The lowest BCUT2D eigenvalue weighted by Gasteiger charge is -2.32. The van der Waals surface area contributed by atoms with E-state index in [2.05, 4.69) is 47.9 Å². The van der Waals surface area contributed by atoms with Gasteiger partial charge in [-0.05, 0) is 192 Å². The van der Waals surface area contributed by atoms with Gasteiger partial charge in [-0.1, -0.05) is 0 Å². The zero-order valence-corrected chi connectivity index (χ0v) is 73.6. The fourth-order valence-electron chi connectivity index (χ4n) is 21.2. The predicted molar refractivity (Wildman–Crippen MR) is 451 cm³/mol. The molecule has 13 fully saturated rings. The first kappa shape index (κ1) is 94.8. The molecule has 20 amide bonds. The third-order valence-electron chi connectivity index (χ3n) is 27.7. The summed E-state index contributed by atoms with van der Waals surface area (Å²) in [5, 5.41) is 33.3. The van der Waals surface area contributed by atoms with E-state index in [0.29, 0.717) is 128 Å². The van der Waals surface area contributed by atoms with E-state index < -0.39 is 236 Å². The quantitative estimate of drug-likeness (QED) is 0.0300. The second-order valence-corrected chi connectivity index (χ2v) is 36.5. The normalized spacial score (nSPS) is 27.0. The molecule has 43 nitrogen and oxygen atoms in total. The van der Waals surface area contributed by atoms with Crippen LogP contribution >= 0.6 is 11.8 Å². The number of carbonyl (C=O) groups is 21. The summed E-state index contributed by atoms with van der Waals surface area (Å²) in [5.41, 5.74) is 0. The molecule has 0 saturated carbocycles. The number of carboxylic acids is 1. The fourth-order valence-corrected chi connectivity index (χ4v) is 21.7. The van der Waals surface area contributed by atoms with E-state index >= 15 is 0 Å². The number of amides is 20. The van der Waals surface area contributed by atoms with Crippen molar-refractivity contribution < 1.29 is 106 Å². The van der Waals surface area contributed by atoms with Gasteiger partial charge in [0.2, 0.25) is 118 Å². The Kier molecular flexibility index (Phi) is 32.2. The van der Waals surface area contributed by atoms with Gasteiger partial charge < -0.3 is 112 Å². The molecule has 10 N–H and O–H groups in total. The van der Waals surface area contributed by atoms with E-state index in [1.165, 1.54) is 65.7 Å². The summed E-state index contributed by atoms with van der Waals surface area (Å²) in [5.74, 6) is -11.3. The monoisotopic (exact) mass is 1810 g/mol. The van der Waals surface area contributed by atoms with Crippen molar-refractivity contribution in [3.8, 4) is 0 Å². The van der Waals surface area contributed by atoms with Crippen molar-refractivity contribution in [2.24, 2.45) is 0 Å². The van der Waals surface area contributed by atoms with Crippen molar-refractivity contribution in [2.75, 3.05) is 143 Å². The van der Waals surface area contributed by atoms with Crippen molar-refractivity contribution in [2.45, 2.75) is 258 Å². The SMILES string of the molecule is CSCC[C@H](NC(=O)CNC(=O)[C@@H]1CCCN1C(=O)[C@@H]1CCCN1C(=O)CNC(=O)[C@@H]1CCCN1C(=O)[C@@H]1CCCN1C(=O)CNC(=O)[C@@H]1CCCN1C(=O)[C@@H]1CCCN1)C(=O)N1CCC[C@H]1C(=O)NCC(=O)N1CCC[C@H]1C(=O)N1CCC[C@H]1C(=O)NCC(=O)N1CCC[C@H]1C(=O)N1CCC[C@H]1C(=O)NCC(=O)N1CCC[C@H]1C(=O)N1CCC[C@H]1C(=O)NCC(=O)O. The van der Waals surface area contributed by atoms with Crippen LogP contribution in [0.3, 0.4) is 0 Å². The van der Waals surface area contributed by atoms with Crippen molar-refractivity contribution in [3.05, 3.63) is 0 Å². The molecule has 0 aliphatic carbocycles. The van der Waals surface area contributed by atoms with E-state index in [9.17, 15) is 101 Å². The minimum absolute atomic E-state index is 0.124. The third-order valence-corrected chi connectivity index (χ3v) is 28.3. The van der Waals surface area contributed by atoms with Gasteiger partial charge in [0.15, 0.2) is 0 Å². The molecule has 0 unspecified atom stereocenters. The maximum absolute atomic E-state index is 14.4. The largest absolute Gasteiger partial charge is 0.480 e. The molecule has 13 rings (SSSR count). The molecule has 13 aliphatic rings. The first-order valence-electron chi connectivity index (χ1n) is 45.9. The molecular formula is C84H123N21O22S. The molecule has 13 saturated heterocycles. The Morgan fingerprint density at radius 1 is 0.281 bits per heavy atom. The number of thioether (sulfide) groups is 1. The second kappa shape index (κ2) is 43.5. The highest BCUT2D eigenvalue weighted by Crippen LogP contribution is 2.33. The zero-order valence-electron chi connectivity index (χ0n) is 72.8. The van der Waals surface area contributed by atoms with E-state index in [0.717, 1.165) is 13.0 Å². The first-order valence-corrected chi connectivity index (χ1v) is 47.3. The van der Waals surface area contributed by atoms with Gasteiger partial charge in [0.1, 0.15) is 85.1 Å². The molecular weight excluding hydrogens is 1690 g/mol. The summed E-state index contributed by atoms with van der Waals surface area (Å²) in [6.07, 6.45) is 13.0. The van der Waals surface area contributed by atoms with E-state index in [1.54, 1.807) is 4.90 Å². The number of hydrogen-bond acceptors (Lipinski definition) is 23. The number of aliphatic carboxylic acids is 1. The van der Waals surface area contributed by atoms with Gasteiger partial charge in [0.25, 0.3) is 0 Å². The summed E-state index contributed by atoms with van der Waals surface area (Å²) in [4.78, 5) is 305. The predicted octanol–water partition coefficient (Wildman–Crippen LogP) is -6.23. The lowest BCUT2D eigenvalue weighted by Crippen LogP contribution is -2.57. The number of carboxylic acid groups (broad SMARTS) is 1. The Hall–Kier alpha value is -10.8. The highest BCUT2D eigenvalue weighted by molar-refractivity contribution is 7.98. The van der Waals surface area contributed by atoms with Crippen LogP contribution in [-0.4, -0.2) is 416 Å². The van der Waals surface area contributed by atoms with Crippen molar-refractivity contribution in [1.82, 2.24) is 107 Å². The summed E-state index contributed by atoms with van der Waals surface area (Å²) in [6.45, 7) is -0.0670. The fraction of sp³-hybridized carbons (Fsp3) is 0.750. The van der Waals surface area contributed by atoms with Crippen LogP contribution in [0.4, 0.5) is 0 Å². The van der Waals surface area contributed by atoms with Gasteiger partial charge in [-0.15, -0.1) is 0 Å². The number of rotatable bonds is 32.